The third-order valence-electron chi connectivity index (χ3n) is 5.80. The van der Waals surface area contributed by atoms with E-state index in [2.05, 4.69) is 4.98 Å². The molecule has 1 aliphatic rings. The minimum Gasteiger partial charge on any atom is -0.493 e. The van der Waals surface area contributed by atoms with Gasteiger partial charge in [0.05, 0.1) is 17.7 Å². The van der Waals surface area contributed by atoms with Gasteiger partial charge in [0.1, 0.15) is 11.5 Å². The highest BCUT2D eigenvalue weighted by Crippen LogP contribution is 2.44. The number of nitrogens with zero attached hydrogens (tertiary/aromatic N) is 1. The fraction of sp³-hybridized carbons (Fsp3) is 0.333. The first-order valence-electron chi connectivity index (χ1n) is 10.1. The summed E-state index contributed by atoms with van der Waals surface area (Å²) in [4.78, 5) is 16.1. The van der Waals surface area contributed by atoms with Gasteiger partial charge in [0, 0.05) is 17.0 Å². The van der Waals surface area contributed by atoms with Crippen LogP contribution in [0.5, 0.6) is 5.75 Å². The van der Waals surface area contributed by atoms with Crippen molar-refractivity contribution >= 4 is 17.6 Å². The van der Waals surface area contributed by atoms with Gasteiger partial charge in [-0.25, -0.2) is 4.98 Å². The van der Waals surface area contributed by atoms with E-state index >= 15 is 0 Å². The predicted octanol–water partition coefficient (Wildman–Crippen LogP) is 5.72. The van der Waals surface area contributed by atoms with Gasteiger partial charge in [-0.1, -0.05) is 36.2 Å². The van der Waals surface area contributed by atoms with E-state index in [4.69, 9.17) is 20.8 Å². The lowest BCUT2D eigenvalue weighted by Gasteiger charge is -2.37. The van der Waals surface area contributed by atoms with E-state index in [1.807, 2.05) is 55.5 Å². The van der Waals surface area contributed by atoms with E-state index < -0.39 is 11.4 Å². The average molecular weight is 426 g/mol. The van der Waals surface area contributed by atoms with Crippen molar-refractivity contribution in [2.24, 2.45) is 5.41 Å². The van der Waals surface area contributed by atoms with Crippen molar-refractivity contribution in [1.29, 1.82) is 0 Å². The summed E-state index contributed by atoms with van der Waals surface area (Å²) in [5, 5.41) is 10.1. The number of aliphatic carboxylic acids is 1. The number of hydrogen-bond acceptors (Lipinski definition) is 4. The summed E-state index contributed by atoms with van der Waals surface area (Å²) in [6.07, 6.45) is 3.71. The van der Waals surface area contributed by atoms with Crippen LogP contribution in [-0.4, -0.2) is 22.7 Å². The summed E-state index contributed by atoms with van der Waals surface area (Å²) >= 11 is 6.05. The number of aryl methyl sites for hydroxylation is 1. The molecule has 0 radical (unpaired) electrons. The van der Waals surface area contributed by atoms with Gasteiger partial charge in [-0.2, -0.15) is 0 Å². The van der Waals surface area contributed by atoms with Crippen molar-refractivity contribution in [3.63, 3.8) is 0 Å². The van der Waals surface area contributed by atoms with Crippen LogP contribution in [0.25, 0.3) is 11.5 Å². The largest absolute Gasteiger partial charge is 0.493 e. The van der Waals surface area contributed by atoms with Crippen LogP contribution in [0.3, 0.4) is 0 Å². The van der Waals surface area contributed by atoms with E-state index in [9.17, 15) is 9.90 Å². The zero-order chi connectivity index (χ0) is 21.1. The molecule has 6 heteroatoms. The molecule has 1 fully saturated rings. The number of hydrogen-bond donors (Lipinski definition) is 1. The van der Waals surface area contributed by atoms with Crippen LogP contribution in [0.2, 0.25) is 5.02 Å². The molecule has 0 amide bonds. The second kappa shape index (κ2) is 8.52. The van der Waals surface area contributed by atoms with Crippen molar-refractivity contribution < 1.29 is 19.1 Å². The molecule has 0 spiro atoms. The van der Waals surface area contributed by atoms with E-state index in [0.29, 0.717) is 30.4 Å². The van der Waals surface area contributed by atoms with Gasteiger partial charge in [-0.15, -0.1) is 0 Å². The van der Waals surface area contributed by atoms with Gasteiger partial charge in [0.2, 0.25) is 5.89 Å². The Morgan fingerprint density at radius 3 is 2.63 bits per heavy atom. The minimum atomic E-state index is -0.686. The molecule has 3 aromatic rings. The summed E-state index contributed by atoms with van der Waals surface area (Å²) in [6, 6.07) is 15.1. The van der Waals surface area contributed by atoms with Gasteiger partial charge >= 0.3 is 5.97 Å². The normalized spacial score (nSPS) is 14.9. The predicted molar refractivity (Wildman–Crippen MR) is 115 cm³/mol. The molecule has 2 aromatic carbocycles. The first-order chi connectivity index (χ1) is 14.4. The molecule has 0 unspecified atom stereocenters. The third-order valence-corrected chi connectivity index (χ3v) is 6.04. The Hall–Kier alpha value is -2.79. The molecule has 1 saturated carbocycles. The number of carbonyl (C=O) groups is 1. The molecule has 156 valence electrons. The number of benzene rings is 2. The third kappa shape index (κ3) is 4.36. The Balaban J connectivity index is 1.33. The number of rotatable bonds is 8. The summed E-state index contributed by atoms with van der Waals surface area (Å²) in [5.41, 5.74) is 2.16. The Morgan fingerprint density at radius 1 is 1.23 bits per heavy atom. The topological polar surface area (TPSA) is 72.6 Å². The lowest BCUT2D eigenvalue weighted by Crippen LogP contribution is -2.39. The fourth-order valence-corrected chi connectivity index (χ4v) is 4.02. The molecular formula is C24H24ClNO4. The highest BCUT2D eigenvalue weighted by Gasteiger charge is 2.44. The van der Waals surface area contributed by atoms with E-state index in [-0.39, 0.29) is 0 Å². The van der Waals surface area contributed by atoms with Crippen LogP contribution in [0, 0.1) is 12.3 Å². The molecule has 0 saturated heterocycles. The number of oxazole rings is 1. The number of carboxylic acid groups (broad SMARTS) is 1. The molecule has 4 rings (SSSR count). The van der Waals surface area contributed by atoms with Gasteiger partial charge in [0.25, 0.3) is 0 Å². The van der Waals surface area contributed by atoms with Crippen molar-refractivity contribution in [2.75, 3.05) is 6.61 Å². The molecule has 0 aliphatic heterocycles. The molecule has 0 atom stereocenters. The average Bonchev–Trinajstić information content (AvgIpc) is 3.06. The summed E-state index contributed by atoms with van der Waals surface area (Å²) < 4.78 is 11.6. The van der Waals surface area contributed by atoms with Gasteiger partial charge < -0.3 is 14.3 Å². The molecule has 5 nitrogen and oxygen atoms in total. The molecule has 1 N–H and O–H groups in total. The Labute approximate surface area is 180 Å². The highest BCUT2D eigenvalue weighted by atomic mass is 35.5. The molecule has 1 heterocycles. The standard InChI is InChI=1S/C24H24ClNO4/c1-16-21(26-22(30-16)18-4-2-5-19(25)14-18)10-13-29-20-8-6-17(7-9-20)15-24(23(27)28)11-3-12-24/h2,4-9,14H,3,10-13,15H2,1H3,(H,27,28). The van der Waals surface area contributed by atoms with Crippen LogP contribution in [-0.2, 0) is 17.6 Å². The number of aromatic nitrogens is 1. The Morgan fingerprint density at radius 2 is 2.00 bits per heavy atom. The Kier molecular flexibility index (Phi) is 5.82. The molecule has 30 heavy (non-hydrogen) atoms. The van der Waals surface area contributed by atoms with Crippen molar-refractivity contribution in [1.82, 2.24) is 4.98 Å². The zero-order valence-corrected chi connectivity index (χ0v) is 17.6. The van der Waals surface area contributed by atoms with Crippen LogP contribution in [0.4, 0.5) is 0 Å². The first kappa shape index (κ1) is 20.5. The van der Waals surface area contributed by atoms with Gasteiger partial charge in [-0.3, -0.25) is 4.79 Å². The van der Waals surface area contributed by atoms with Crippen molar-refractivity contribution in [3.8, 4) is 17.2 Å². The maximum atomic E-state index is 11.5. The summed E-state index contributed by atoms with van der Waals surface area (Å²) in [6.45, 7) is 2.37. The summed E-state index contributed by atoms with van der Waals surface area (Å²) in [5.74, 6) is 1.39. The quantitative estimate of drug-likeness (QED) is 0.499. The van der Waals surface area contributed by atoms with Crippen LogP contribution >= 0.6 is 11.6 Å². The van der Waals surface area contributed by atoms with E-state index in [0.717, 1.165) is 47.6 Å². The second-order valence-electron chi connectivity index (χ2n) is 7.89. The zero-order valence-electron chi connectivity index (χ0n) is 16.9. The van der Waals surface area contributed by atoms with Gasteiger partial charge in [0.15, 0.2) is 0 Å². The highest BCUT2D eigenvalue weighted by molar-refractivity contribution is 6.30. The molecule has 1 aliphatic carbocycles. The molecule has 1 aromatic heterocycles. The molecule has 0 bridgehead atoms. The lowest BCUT2D eigenvalue weighted by atomic mass is 9.65. The summed E-state index contributed by atoms with van der Waals surface area (Å²) in [7, 11) is 0. The SMILES string of the molecule is Cc1oc(-c2cccc(Cl)c2)nc1CCOc1ccc(CC2(C(=O)O)CCC2)cc1. The van der Waals surface area contributed by atoms with Crippen LogP contribution < -0.4 is 4.74 Å². The maximum Gasteiger partial charge on any atom is 0.309 e. The monoisotopic (exact) mass is 425 g/mol. The van der Waals surface area contributed by atoms with Crippen molar-refractivity contribution in [2.45, 2.75) is 39.0 Å². The second-order valence-corrected chi connectivity index (χ2v) is 8.33. The smallest absolute Gasteiger partial charge is 0.309 e. The van der Waals surface area contributed by atoms with Gasteiger partial charge in [-0.05, 0) is 62.1 Å². The van der Waals surface area contributed by atoms with E-state index in [1.54, 1.807) is 0 Å². The van der Waals surface area contributed by atoms with Crippen LogP contribution in [0.1, 0.15) is 36.3 Å². The van der Waals surface area contributed by atoms with Crippen LogP contribution in [0.15, 0.2) is 52.9 Å². The first-order valence-corrected chi connectivity index (χ1v) is 10.5. The maximum absolute atomic E-state index is 11.5. The van der Waals surface area contributed by atoms with E-state index in [1.165, 1.54) is 0 Å². The Bertz CT molecular complexity index is 1040. The van der Waals surface area contributed by atoms with Crippen molar-refractivity contribution in [3.05, 3.63) is 70.6 Å². The molecular weight excluding hydrogens is 402 g/mol. The lowest BCUT2D eigenvalue weighted by molar-refractivity contribution is -0.154. The number of carboxylic acids is 1. The number of halogens is 1. The number of ether oxygens (including phenoxy) is 1. The minimum absolute atomic E-state index is 0.473. The fourth-order valence-electron chi connectivity index (χ4n) is 3.83.